The molecule has 112 valence electrons. The molecule has 0 aromatic heterocycles. The molecule has 0 aliphatic heterocycles. The number of aliphatic hydroxyl groups is 1. The minimum Gasteiger partial charge on any atom is -0.392 e. The second kappa shape index (κ2) is 8.39. The number of carbonyl (C=O) groups is 1. The summed E-state index contributed by atoms with van der Waals surface area (Å²) in [5, 5.41) is 13.0. The van der Waals surface area contributed by atoms with Gasteiger partial charge in [0.05, 0.1) is 6.10 Å². The Morgan fingerprint density at radius 1 is 1.55 bits per heavy atom. The number of aliphatic hydroxyl groups excluding tert-OH is 1. The number of carbonyl (C=O) groups excluding carboxylic acids is 1. The zero-order chi connectivity index (χ0) is 15.1. The summed E-state index contributed by atoms with van der Waals surface area (Å²) in [6, 6.07) is 7.46. The Kier molecular flexibility index (Phi) is 7.19. The lowest BCUT2D eigenvalue weighted by Gasteiger charge is -2.22. The number of hydrogen-bond donors (Lipinski definition) is 2. The number of nitrogens with one attached hydrogen (secondary N) is 1. The third kappa shape index (κ3) is 5.61. The van der Waals surface area contributed by atoms with E-state index in [0.29, 0.717) is 18.1 Å². The van der Waals surface area contributed by atoms with E-state index in [1.807, 2.05) is 30.5 Å². The van der Waals surface area contributed by atoms with Crippen LogP contribution >= 0.6 is 23.4 Å². The molecular weight excluding hydrogens is 296 g/mol. The summed E-state index contributed by atoms with van der Waals surface area (Å²) in [6.45, 7) is 2.48. The molecule has 0 heterocycles. The maximum Gasteiger partial charge on any atom is 0.317 e. The minimum absolute atomic E-state index is 0.151. The molecule has 2 atom stereocenters. The predicted molar refractivity (Wildman–Crippen MR) is 85.4 cm³/mol. The first-order valence-electron chi connectivity index (χ1n) is 6.39. The predicted octanol–water partition coefficient (Wildman–Crippen LogP) is 2.77. The van der Waals surface area contributed by atoms with Crippen LogP contribution in [0.4, 0.5) is 4.79 Å². The molecule has 1 aromatic carbocycles. The van der Waals surface area contributed by atoms with E-state index in [1.165, 1.54) is 4.90 Å². The molecule has 4 nitrogen and oxygen atoms in total. The lowest BCUT2D eigenvalue weighted by atomic mass is 10.1. The molecule has 0 aliphatic rings. The van der Waals surface area contributed by atoms with Crippen LogP contribution in [0.15, 0.2) is 24.3 Å². The zero-order valence-electron chi connectivity index (χ0n) is 12.0. The van der Waals surface area contributed by atoms with Crippen molar-refractivity contribution in [3.05, 3.63) is 34.9 Å². The van der Waals surface area contributed by atoms with Gasteiger partial charge in [0.2, 0.25) is 0 Å². The molecule has 0 aliphatic carbocycles. The van der Waals surface area contributed by atoms with E-state index in [1.54, 1.807) is 25.7 Å². The van der Waals surface area contributed by atoms with Crippen molar-refractivity contribution in [1.82, 2.24) is 10.2 Å². The molecule has 1 rings (SSSR count). The Morgan fingerprint density at radius 2 is 2.25 bits per heavy atom. The Balaban J connectivity index is 2.55. The highest BCUT2D eigenvalue weighted by atomic mass is 35.5. The average molecular weight is 317 g/mol. The maximum absolute atomic E-state index is 11.9. The number of hydrogen-bond acceptors (Lipinski definition) is 3. The Bertz CT molecular complexity index is 443. The number of thioether (sulfide) groups is 1. The zero-order valence-corrected chi connectivity index (χ0v) is 13.5. The third-order valence-electron chi connectivity index (χ3n) is 2.83. The topological polar surface area (TPSA) is 52.6 Å². The van der Waals surface area contributed by atoms with E-state index in [9.17, 15) is 9.90 Å². The second-order valence-corrected chi connectivity index (χ2v) is 6.17. The molecule has 1 aromatic rings. The molecule has 0 radical (unpaired) electrons. The Morgan fingerprint density at radius 3 is 2.80 bits per heavy atom. The number of rotatable bonds is 6. The van der Waals surface area contributed by atoms with Crippen LogP contribution in [0.2, 0.25) is 5.02 Å². The van der Waals surface area contributed by atoms with Crippen LogP contribution in [-0.4, -0.2) is 48.5 Å². The second-order valence-electron chi connectivity index (χ2n) is 4.69. The van der Waals surface area contributed by atoms with Crippen LogP contribution in [-0.2, 0) is 0 Å². The summed E-state index contributed by atoms with van der Waals surface area (Å²) in [5.74, 6) is 0. The van der Waals surface area contributed by atoms with Crippen molar-refractivity contribution in [3.63, 3.8) is 0 Å². The first kappa shape index (κ1) is 17.1. The normalized spacial score (nSPS) is 13.7. The molecule has 6 heteroatoms. The largest absolute Gasteiger partial charge is 0.392 e. The number of likely N-dealkylation sites (N-methyl/N-ethyl adjacent to an activating group) is 1. The van der Waals surface area contributed by atoms with Gasteiger partial charge in [-0.25, -0.2) is 4.79 Å². The molecule has 0 saturated heterocycles. The van der Waals surface area contributed by atoms with Crippen molar-refractivity contribution < 1.29 is 9.90 Å². The summed E-state index contributed by atoms with van der Waals surface area (Å²) >= 11 is 7.64. The van der Waals surface area contributed by atoms with E-state index in [0.717, 1.165) is 5.56 Å². The number of benzene rings is 1. The van der Waals surface area contributed by atoms with Crippen LogP contribution in [0.3, 0.4) is 0 Å². The first-order valence-corrected chi connectivity index (χ1v) is 8.06. The Labute approximate surface area is 129 Å². The highest BCUT2D eigenvalue weighted by Gasteiger charge is 2.15. The molecule has 20 heavy (non-hydrogen) atoms. The monoisotopic (exact) mass is 316 g/mol. The van der Waals surface area contributed by atoms with Gasteiger partial charge in [-0.1, -0.05) is 23.7 Å². The number of amides is 2. The van der Waals surface area contributed by atoms with Gasteiger partial charge in [0.1, 0.15) is 0 Å². The van der Waals surface area contributed by atoms with Crippen LogP contribution in [0.1, 0.15) is 17.7 Å². The lowest BCUT2D eigenvalue weighted by molar-refractivity contribution is 0.144. The van der Waals surface area contributed by atoms with Gasteiger partial charge in [-0.3, -0.25) is 0 Å². The van der Waals surface area contributed by atoms with Crippen LogP contribution < -0.4 is 5.32 Å². The molecule has 0 bridgehead atoms. The van der Waals surface area contributed by atoms with E-state index >= 15 is 0 Å². The number of halogens is 1. The highest BCUT2D eigenvalue weighted by molar-refractivity contribution is 7.98. The molecule has 0 unspecified atom stereocenters. The van der Waals surface area contributed by atoms with E-state index in [-0.39, 0.29) is 11.3 Å². The van der Waals surface area contributed by atoms with Gasteiger partial charge in [-0.15, -0.1) is 0 Å². The van der Waals surface area contributed by atoms with Gasteiger partial charge in [-0.05, 0) is 30.9 Å². The van der Waals surface area contributed by atoms with Gasteiger partial charge in [0.25, 0.3) is 0 Å². The summed E-state index contributed by atoms with van der Waals surface area (Å²) < 4.78 is 0. The van der Waals surface area contributed by atoms with E-state index in [4.69, 9.17) is 11.6 Å². The van der Waals surface area contributed by atoms with E-state index in [2.05, 4.69) is 5.32 Å². The number of urea groups is 1. The van der Waals surface area contributed by atoms with Crippen molar-refractivity contribution in [2.45, 2.75) is 18.3 Å². The van der Waals surface area contributed by atoms with Gasteiger partial charge in [0.15, 0.2) is 0 Å². The molecule has 0 saturated carbocycles. The summed E-state index contributed by atoms with van der Waals surface area (Å²) in [7, 11) is 1.66. The fourth-order valence-corrected chi connectivity index (χ4v) is 2.71. The summed E-state index contributed by atoms with van der Waals surface area (Å²) in [6.07, 6.45) is 1.46. The fraction of sp³-hybridized carbons (Fsp3) is 0.500. The maximum atomic E-state index is 11.9. The SMILES string of the molecule is CS[C@H](CNC(=O)N(C)C[C@@H](C)O)c1cccc(Cl)c1. The van der Waals surface area contributed by atoms with Crippen molar-refractivity contribution in [2.24, 2.45) is 0 Å². The van der Waals surface area contributed by atoms with Crippen molar-refractivity contribution in [2.75, 3.05) is 26.4 Å². The van der Waals surface area contributed by atoms with Crippen LogP contribution in [0.5, 0.6) is 0 Å². The minimum atomic E-state index is -0.532. The average Bonchev–Trinajstić information content (AvgIpc) is 2.38. The fourth-order valence-electron chi connectivity index (χ4n) is 1.84. The molecule has 2 amide bonds. The molecule has 2 N–H and O–H groups in total. The lowest BCUT2D eigenvalue weighted by Crippen LogP contribution is -2.41. The van der Waals surface area contributed by atoms with Crippen molar-refractivity contribution >= 4 is 29.4 Å². The third-order valence-corrected chi connectivity index (χ3v) is 4.07. The van der Waals surface area contributed by atoms with Crippen LogP contribution in [0.25, 0.3) is 0 Å². The smallest absolute Gasteiger partial charge is 0.317 e. The van der Waals surface area contributed by atoms with Gasteiger partial charge in [0, 0.05) is 30.4 Å². The standard InChI is InChI=1S/C14H21ClN2O2S/c1-10(18)9-17(2)14(19)16-8-13(20-3)11-5-4-6-12(15)7-11/h4-7,10,13,18H,8-9H2,1-3H3,(H,16,19)/t10-,13-/m1/s1. The molecule has 0 fully saturated rings. The van der Waals surface area contributed by atoms with Gasteiger partial charge >= 0.3 is 6.03 Å². The summed E-state index contributed by atoms with van der Waals surface area (Å²) in [5.41, 5.74) is 1.09. The number of nitrogens with zero attached hydrogens (tertiary/aromatic N) is 1. The van der Waals surface area contributed by atoms with Crippen LogP contribution in [0, 0.1) is 0 Å². The molecular formula is C14H21ClN2O2S. The van der Waals surface area contributed by atoms with E-state index < -0.39 is 6.10 Å². The van der Waals surface area contributed by atoms with Crippen molar-refractivity contribution in [1.29, 1.82) is 0 Å². The highest BCUT2D eigenvalue weighted by Crippen LogP contribution is 2.27. The first-order chi connectivity index (χ1) is 9.43. The van der Waals surface area contributed by atoms with Crippen molar-refractivity contribution in [3.8, 4) is 0 Å². The molecule has 0 spiro atoms. The quantitative estimate of drug-likeness (QED) is 0.848. The van der Waals surface area contributed by atoms with Gasteiger partial charge in [-0.2, -0.15) is 11.8 Å². The Hall–Kier alpha value is -0.910. The summed E-state index contributed by atoms with van der Waals surface area (Å²) in [4.78, 5) is 13.3. The van der Waals surface area contributed by atoms with Gasteiger partial charge < -0.3 is 15.3 Å².